The molecule has 2 heterocycles. The van der Waals surface area contributed by atoms with Gasteiger partial charge in [-0.15, -0.1) is 0 Å². The van der Waals surface area contributed by atoms with E-state index in [0.29, 0.717) is 11.1 Å². The average molecular weight is 653 g/mol. The molecule has 0 saturated heterocycles. The molecule has 0 aliphatic carbocycles. The molecule has 0 amide bonds. The van der Waals surface area contributed by atoms with Crippen LogP contribution in [0.4, 0.5) is 34.1 Å². The van der Waals surface area contributed by atoms with Crippen molar-refractivity contribution in [3.8, 4) is 23.0 Å². The summed E-state index contributed by atoms with van der Waals surface area (Å²) in [5.74, 6) is 3.16. The van der Waals surface area contributed by atoms with Gasteiger partial charge in [0, 0.05) is 11.4 Å². The second-order valence-electron chi connectivity index (χ2n) is 12.4. The fourth-order valence-electron chi connectivity index (χ4n) is 6.86. The van der Waals surface area contributed by atoms with Crippen molar-refractivity contribution in [2.45, 2.75) is 12.2 Å². The fraction of sp³-hybridized carbons (Fsp3) is 0.0455. The van der Waals surface area contributed by atoms with Crippen LogP contribution in [-0.4, -0.2) is 10.2 Å². The third-order valence-corrected chi connectivity index (χ3v) is 9.34. The first-order valence-corrected chi connectivity index (χ1v) is 16.6. The Labute approximate surface area is 290 Å². The van der Waals surface area contributed by atoms with Crippen LogP contribution in [0.15, 0.2) is 170 Å². The summed E-state index contributed by atoms with van der Waals surface area (Å²) in [5.41, 5.74) is 8.65. The summed E-state index contributed by atoms with van der Waals surface area (Å²) < 4.78 is 12.3. The maximum atomic E-state index is 11.5. The number of aliphatic hydroxyl groups is 2. The number of benzene rings is 7. The topological polar surface area (TPSA) is 65.4 Å². The molecular weight excluding hydrogens is 620 g/mol. The van der Waals surface area contributed by atoms with Crippen molar-refractivity contribution < 1.29 is 19.7 Å². The summed E-state index contributed by atoms with van der Waals surface area (Å²) >= 11 is 0. The van der Waals surface area contributed by atoms with Gasteiger partial charge in [0.1, 0.15) is 12.2 Å². The summed E-state index contributed by atoms with van der Waals surface area (Å²) in [6.07, 6.45) is -1.74. The highest BCUT2D eigenvalue weighted by Crippen LogP contribution is 2.51. The van der Waals surface area contributed by atoms with E-state index < -0.39 is 12.2 Å². The van der Waals surface area contributed by atoms with Gasteiger partial charge in [-0.1, -0.05) is 91.0 Å². The van der Waals surface area contributed by atoms with Crippen LogP contribution >= 0.6 is 0 Å². The van der Waals surface area contributed by atoms with E-state index in [2.05, 4.69) is 9.80 Å². The number of ether oxygens (including phenoxy) is 2. The number of hydrogen-bond donors (Lipinski definition) is 2. The summed E-state index contributed by atoms with van der Waals surface area (Å²) in [7, 11) is 0. The van der Waals surface area contributed by atoms with Crippen molar-refractivity contribution >= 4 is 34.1 Å². The van der Waals surface area contributed by atoms with Crippen molar-refractivity contribution in [1.29, 1.82) is 0 Å². The van der Waals surface area contributed by atoms with Crippen LogP contribution in [0.2, 0.25) is 0 Å². The molecule has 6 heteroatoms. The first-order valence-electron chi connectivity index (χ1n) is 16.6. The van der Waals surface area contributed by atoms with E-state index in [1.54, 1.807) is 0 Å². The smallest absolute Gasteiger partial charge is 0.151 e. The van der Waals surface area contributed by atoms with Crippen molar-refractivity contribution in [1.82, 2.24) is 0 Å². The molecule has 7 aromatic rings. The molecule has 2 aliphatic rings. The molecule has 7 aromatic carbocycles. The largest absolute Gasteiger partial charge is 0.453 e. The molecule has 0 bridgehead atoms. The number of hydrogen-bond acceptors (Lipinski definition) is 6. The maximum absolute atomic E-state index is 11.5. The van der Waals surface area contributed by atoms with Gasteiger partial charge in [-0.05, 0) is 101 Å². The van der Waals surface area contributed by atoms with Crippen molar-refractivity contribution in [2.24, 2.45) is 0 Å². The standard InChI is InChI=1S/C44H32N2O4/c47-43(29-20-24-33(25-21-29)45-35-12-1-5-16-39(35)49-40-17-6-2-13-36(40)45)31-10-9-11-32(28-31)44(48)30-22-26-34(27-23-30)46-37-14-3-7-18-41(37)50-42-19-8-4-15-38(42)46/h1-28,43-44,47-48H. The lowest BCUT2D eigenvalue weighted by Gasteiger charge is -2.33. The van der Waals surface area contributed by atoms with Gasteiger partial charge < -0.3 is 29.5 Å². The summed E-state index contributed by atoms with van der Waals surface area (Å²) in [6.45, 7) is 0. The monoisotopic (exact) mass is 652 g/mol. The van der Waals surface area contributed by atoms with E-state index >= 15 is 0 Å². The Kier molecular flexibility index (Phi) is 7.31. The Morgan fingerprint density at radius 2 is 0.660 bits per heavy atom. The van der Waals surface area contributed by atoms with Crippen LogP contribution < -0.4 is 19.3 Å². The summed E-state index contributed by atoms with van der Waals surface area (Å²) in [4.78, 5) is 4.34. The minimum atomic E-state index is -0.871. The van der Waals surface area contributed by atoms with Gasteiger partial charge in [0.05, 0.1) is 22.7 Å². The van der Waals surface area contributed by atoms with E-state index in [9.17, 15) is 10.2 Å². The Morgan fingerprint density at radius 3 is 1.00 bits per heavy atom. The average Bonchev–Trinajstić information content (AvgIpc) is 3.18. The molecule has 9 rings (SSSR count). The van der Waals surface area contributed by atoms with Gasteiger partial charge in [-0.3, -0.25) is 0 Å². The minimum Gasteiger partial charge on any atom is -0.453 e. The zero-order valence-corrected chi connectivity index (χ0v) is 26.9. The molecule has 0 fully saturated rings. The fourth-order valence-corrected chi connectivity index (χ4v) is 6.86. The highest BCUT2D eigenvalue weighted by atomic mass is 16.5. The minimum absolute atomic E-state index is 0.703. The number of para-hydroxylation sites is 8. The Bertz CT molecular complexity index is 2080. The zero-order chi connectivity index (χ0) is 33.6. The van der Waals surface area contributed by atoms with Gasteiger partial charge in [0.2, 0.25) is 0 Å². The second-order valence-corrected chi connectivity index (χ2v) is 12.4. The maximum Gasteiger partial charge on any atom is 0.151 e. The highest BCUT2D eigenvalue weighted by Gasteiger charge is 2.27. The molecule has 50 heavy (non-hydrogen) atoms. The Hall–Kier alpha value is -6.34. The molecule has 6 nitrogen and oxygen atoms in total. The van der Waals surface area contributed by atoms with Crippen molar-refractivity contribution in [3.63, 3.8) is 0 Å². The number of fused-ring (bicyclic) bond motifs is 4. The Balaban J connectivity index is 0.964. The molecule has 0 aromatic heterocycles. The molecule has 2 N–H and O–H groups in total. The van der Waals surface area contributed by atoms with Gasteiger partial charge in [0.15, 0.2) is 23.0 Å². The van der Waals surface area contributed by atoms with Crippen LogP contribution in [-0.2, 0) is 0 Å². The summed E-state index contributed by atoms with van der Waals surface area (Å²) in [5, 5.41) is 23.0. The third-order valence-electron chi connectivity index (χ3n) is 9.34. The van der Waals surface area contributed by atoms with E-state index in [4.69, 9.17) is 9.47 Å². The molecule has 0 spiro atoms. The van der Waals surface area contributed by atoms with Gasteiger partial charge in [-0.2, -0.15) is 0 Å². The molecule has 2 aliphatic heterocycles. The van der Waals surface area contributed by atoms with Crippen LogP contribution in [0.3, 0.4) is 0 Å². The normalized spacial score (nSPS) is 13.9. The number of aliphatic hydroxyl groups excluding tert-OH is 2. The number of nitrogens with zero attached hydrogens (tertiary/aromatic N) is 2. The van der Waals surface area contributed by atoms with Gasteiger partial charge >= 0.3 is 0 Å². The molecule has 2 unspecified atom stereocenters. The second kappa shape index (κ2) is 12.3. The van der Waals surface area contributed by atoms with E-state index in [1.165, 1.54) is 0 Å². The molecular formula is C44H32N2O4. The lowest BCUT2D eigenvalue weighted by atomic mass is 9.95. The predicted molar refractivity (Wildman–Crippen MR) is 197 cm³/mol. The molecule has 0 saturated carbocycles. The van der Waals surface area contributed by atoms with Crippen LogP contribution in [0.5, 0.6) is 23.0 Å². The zero-order valence-electron chi connectivity index (χ0n) is 26.9. The molecule has 2 atom stereocenters. The third kappa shape index (κ3) is 5.15. The van der Waals surface area contributed by atoms with Gasteiger partial charge in [-0.25, -0.2) is 0 Å². The van der Waals surface area contributed by atoms with Crippen molar-refractivity contribution in [3.05, 3.63) is 192 Å². The number of rotatable bonds is 6. The van der Waals surface area contributed by atoms with Crippen LogP contribution in [0.25, 0.3) is 0 Å². The first-order chi connectivity index (χ1) is 24.6. The molecule has 242 valence electrons. The van der Waals surface area contributed by atoms with E-state index in [-0.39, 0.29) is 0 Å². The van der Waals surface area contributed by atoms with Crippen LogP contribution in [0, 0.1) is 0 Å². The Morgan fingerprint density at radius 1 is 0.340 bits per heavy atom. The van der Waals surface area contributed by atoms with E-state index in [0.717, 1.165) is 68.2 Å². The predicted octanol–water partition coefficient (Wildman–Crippen LogP) is 11.0. The number of anilines is 6. The van der Waals surface area contributed by atoms with E-state index in [1.807, 2.05) is 170 Å². The van der Waals surface area contributed by atoms with Crippen molar-refractivity contribution in [2.75, 3.05) is 9.80 Å². The van der Waals surface area contributed by atoms with Crippen LogP contribution in [0.1, 0.15) is 34.5 Å². The first kappa shape index (κ1) is 29.8. The quantitative estimate of drug-likeness (QED) is 0.186. The lowest BCUT2D eigenvalue weighted by Crippen LogP contribution is -2.15. The summed E-state index contributed by atoms with van der Waals surface area (Å²) in [6, 6.07) is 55.3. The highest BCUT2D eigenvalue weighted by molar-refractivity contribution is 5.87. The lowest BCUT2D eigenvalue weighted by molar-refractivity contribution is 0.213. The SMILES string of the molecule is OC(c1ccc(N2c3ccccc3Oc3ccccc32)cc1)c1cccc(C(O)c2ccc(N3c4ccccc4Oc4ccccc43)cc2)c1. The molecule has 0 radical (unpaired) electrons. The van der Waals surface area contributed by atoms with Gasteiger partial charge in [0.25, 0.3) is 0 Å².